The Morgan fingerprint density at radius 3 is 2.90 bits per heavy atom. The van der Waals surface area contributed by atoms with Crippen LogP contribution in [0.15, 0.2) is 24.3 Å². The minimum atomic E-state index is -0.285. The van der Waals surface area contributed by atoms with Crippen molar-refractivity contribution in [1.29, 1.82) is 0 Å². The van der Waals surface area contributed by atoms with Gasteiger partial charge in [0, 0.05) is 5.92 Å². The van der Waals surface area contributed by atoms with Crippen LogP contribution in [0.1, 0.15) is 19.3 Å². The highest BCUT2D eigenvalue weighted by molar-refractivity contribution is 5.78. The van der Waals surface area contributed by atoms with Crippen molar-refractivity contribution in [2.45, 2.75) is 19.3 Å². The highest BCUT2D eigenvalue weighted by atomic mass is 19.1. The molecule has 1 aromatic rings. The van der Waals surface area contributed by atoms with Crippen LogP contribution in [0.25, 0.3) is 0 Å². The van der Waals surface area contributed by atoms with Crippen molar-refractivity contribution in [3.05, 3.63) is 30.1 Å². The predicted octanol–water partition coefficient (Wildman–Crippen LogP) is 1.71. The molecule has 0 radical (unpaired) electrons. The molecule has 20 heavy (non-hydrogen) atoms. The zero-order chi connectivity index (χ0) is 14.2. The van der Waals surface area contributed by atoms with Gasteiger partial charge in [0.25, 0.3) is 0 Å². The number of hydrogen-bond acceptors (Lipinski definition) is 3. The Hall–Kier alpha value is -1.62. The minimum Gasteiger partial charge on any atom is -0.492 e. The Bertz CT molecular complexity index is 414. The minimum absolute atomic E-state index is 0.107. The summed E-state index contributed by atoms with van der Waals surface area (Å²) in [5.74, 6) is 0.541. The number of rotatable bonds is 5. The molecule has 0 bridgehead atoms. The molecule has 1 amide bonds. The molecule has 1 heterocycles. The SMILES string of the molecule is O=C(NCCOc1ccc(F)cc1)C1CCCNCC1. The van der Waals surface area contributed by atoms with Crippen LogP contribution >= 0.6 is 0 Å². The predicted molar refractivity (Wildman–Crippen MR) is 75.1 cm³/mol. The molecule has 4 nitrogen and oxygen atoms in total. The number of ether oxygens (including phenoxy) is 1. The van der Waals surface area contributed by atoms with E-state index in [1.54, 1.807) is 12.1 Å². The van der Waals surface area contributed by atoms with Gasteiger partial charge in [-0.25, -0.2) is 4.39 Å². The van der Waals surface area contributed by atoms with Gasteiger partial charge < -0.3 is 15.4 Å². The lowest BCUT2D eigenvalue weighted by Gasteiger charge is -2.14. The monoisotopic (exact) mass is 280 g/mol. The molecule has 5 heteroatoms. The van der Waals surface area contributed by atoms with E-state index in [1.807, 2.05) is 0 Å². The Labute approximate surface area is 118 Å². The van der Waals surface area contributed by atoms with E-state index in [9.17, 15) is 9.18 Å². The summed E-state index contributed by atoms with van der Waals surface area (Å²) in [6, 6.07) is 5.86. The van der Waals surface area contributed by atoms with Crippen molar-refractivity contribution in [1.82, 2.24) is 10.6 Å². The van der Waals surface area contributed by atoms with Crippen LogP contribution in [0.4, 0.5) is 4.39 Å². The van der Waals surface area contributed by atoms with Crippen LogP contribution in [0, 0.1) is 11.7 Å². The van der Waals surface area contributed by atoms with E-state index in [2.05, 4.69) is 10.6 Å². The van der Waals surface area contributed by atoms with Gasteiger partial charge in [-0.2, -0.15) is 0 Å². The number of benzene rings is 1. The second-order valence-electron chi connectivity index (χ2n) is 4.97. The van der Waals surface area contributed by atoms with E-state index in [-0.39, 0.29) is 17.6 Å². The first-order valence-electron chi connectivity index (χ1n) is 7.12. The largest absolute Gasteiger partial charge is 0.492 e. The second-order valence-corrected chi connectivity index (χ2v) is 4.97. The first kappa shape index (κ1) is 14.8. The zero-order valence-electron chi connectivity index (χ0n) is 11.5. The van der Waals surface area contributed by atoms with Crippen LogP contribution in [-0.4, -0.2) is 32.1 Å². The first-order valence-corrected chi connectivity index (χ1v) is 7.12. The van der Waals surface area contributed by atoms with Gasteiger partial charge in [0.1, 0.15) is 18.2 Å². The van der Waals surface area contributed by atoms with E-state index in [0.29, 0.717) is 18.9 Å². The van der Waals surface area contributed by atoms with Gasteiger partial charge in [0.15, 0.2) is 0 Å². The van der Waals surface area contributed by atoms with Crippen molar-refractivity contribution in [2.24, 2.45) is 5.92 Å². The molecule has 1 unspecified atom stereocenters. The molecule has 1 fully saturated rings. The third kappa shape index (κ3) is 4.81. The van der Waals surface area contributed by atoms with Crippen molar-refractivity contribution in [2.75, 3.05) is 26.2 Å². The standard InChI is InChI=1S/C15H21FN2O2/c16-13-3-5-14(6-4-13)20-11-10-18-15(19)12-2-1-8-17-9-7-12/h3-6,12,17H,1-2,7-11H2,(H,18,19). The Morgan fingerprint density at radius 2 is 2.10 bits per heavy atom. The van der Waals surface area contributed by atoms with Gasteiger partial charge in [-0.15, -0.1) is 0 Å². The summed E-state index contributed by atoms with van der Waals surface area (Å²) in [6.45, 7) is 2.77. The van der Waals surface area contributed by atoms with Crippen LogP contribution in [-0.2, 0) is 4.79 Å². The maximum absolute atomic E-state index is 12.7. The third-order valence-corrected chi connectivity index (χ3v) is 3.43. The molecule has 1 aliphatic rings. The van der Waals surface area contributed by atoms with Gasteiger partial charge >= 0.3 is 0 Å². The van der Waals surface area contributed by atoms with Crippen molar-refractivity contribution in [3.63, 3.8) is 0 Å². The molecule has 110 valence electrons. The molecule has 2 rings (SSSR count). The summed E-state index contributed by atoms with van der Waals surface area (Å²) in [5, 5.41) is 6.19. The van der Waals surface area contributed by atoms with Crippen LogP contribution < -0.4 is 15.4 Å². The Morgan fingerprint density at radius 1 is 1.30 bits per heavy atom. The number of carbonyl (C=O) groups is 1. The van der Waals surface area contributed by atoms with Crippen molar-refractivity contribution in [3.8, 4) is 5.75 Å². The summed E-state index contributed by atoms with van der Waals surface area (Å²) in [6.07, 6.45) is 2.88. The lowest BCUT2D eigenvalue weighted by molar-refractivity contribution is -0.125. The smallest absolute Gasteiger partial charge is 0.223 e. The van der Waals surface area contributed by atoms with Gasteiger partial charge in [-0.1, -0.05) is 0 Å². The quantitative estimate of drug-likeness (QED) is 0.807. The molecule has 0 spiro atoms. The van der Waals surface area contributed by atoms with Gasteiger partial charge in [0.05, 0.1) is 6.54 Å². The average Bonchev–Trinajstić information content (AvgIpc) is 2.74. The van der Waals surface area contributed by atoms with Crippen molar-refractivity contribution >= 4 is 5.91 Å². The summed E-state index contributed by atoms with van der Waals surface area (Å²) >= 11 is 0. The molecular weight excluding hydrogens is 259 g/mol. The molecular formula is C15H21FN2O2. The molecule has 1 atom stereocenters. The summed E-state index contributed by atoms with van der Waals surface area (Å²) in [7, 11) is 0. The molecule has 1 saturated heterocycles. The molecule has 1 aliphatic heterocycles. The van der Waals surface area contributed by atoms with Crippen LogP contribution in [0.3, 0.4) is 0 Å². The summed E-state index contributed by atoms with van der Waals surface area (Å²) in [4.78, 5) is 12.0. The van der Waals surface area contributed by atoms with E-state index in [4.69, 9.17) is 4.74 Å². The average molecular weight is 280 g/mol. The van der Waals surface area contributed by atoms with E-state index >= 15 is 0 Å². The van der Waals surface area contributed by atoms with Gasteiger partial charge in [0.2, 0.25) is 5.91 Å². The van der Waals surface area contributed by atoms with E-state index < -0.39 is 0 Å². The first-order chi connectivity index (χ1) is 9.75. The summed E-state index contributed by atoms with van der Waals surface area (Å²) in [5.41, 5.74) is 0. The zero-order valence-corrected chi connectivity index (χ0v) is 11.5. The number of amides is 1. The maximum atomic E-state index is 12.7. The lowest BCUT2D eigenvalue weighted by Crippen LogP contribution is -2.34. The van der Waals surface area contributed by atoms with Crippen molar-refractivity contribution < 1.29 is 13.9 Å². The molecule has 0 aliphatic carbocycles. The number of nitrogens with one attached hydrogen (secondary N) is 2. The topological polar surface area (TPSA) is 50.4 Å². The fourth-order valence-corrected chi connectivity index (χ4v) is 2.30. The van der Waals surface area contributed by atoms with E-state index in [1.165, 1.54) is 12.1 Å². The lowest BCUT2D eigenvalue weighted by atomic mass is 10.00. The third-order valence-electron chi connectivity index (χ3n) is 3.43. The Kier molecular flexibility index (Phi) is 5.80. The Balaban J connectivity index is 1.64. The van der Waals surface area contributed by atoms with E-state index in [0.717, 1.165) is 32.4 Å². The molecule has 0 aromatic heterocycles. The number of carbonyl (C=O) groups excluding carboxylic acids is 1. The fraction of sp³-hybridized carbons (Fsp3) is 0.533. The second kappa shape index (κ2) is 7.85. The number of hydrogen-bond donors (Lipinski definition) is 2. The molecule has 0 saturated carbocycles. The fourth-order valence-electron chi connectivity index (χ4n) is 2.30. The highest BCUT2D eigenvalue weighted by Gasteiger charge is 2.19. The van der Waals surface area contributed by atoms with Gasteiger partial charge in [-0.05, 0) is 56.6 Å². The number of halogens is 1. The molecule has 2 N–H and O–H groups in total. The van der Waals surface area contributed by atoms with Gasteiger partial charge in [-0.3, -0.25) is 4.79 Å². The van der Waals surface area contributed by atoms with Crippen LogP contribution in [0.2, 0.25) is 0 Å². The highest BCUT2D eigenvalue weighted by Crippen LogP contribution is 2.13. The summed E-state index contributed by atoms with van der Waals surface area (Å²) < 4.78 is 18.1. The maximum Gasteiger partial charge on any atom is 0.223 e. The normalized spacial score (nSPS) is 19.1. The molecule has 1 aromatic carbocycles. The van der Waals surface area contributed by atoms with Crippen LogP contribution in [0.5, 0.6) is 5.75 Å².